The summed E-state index contributed by atoms with van der Waals surface area (Å²) in [7, 11) is 1.64. The molecule has 1 amide bonds. The first kappa shape index (κ1) is 13.9. The zero-order valence-corrected chi connectivity index (χ0v) is 12.0. The number of aliphatic hydroxyl groups is 1. The van der Waals surface area contributed by atoms with E-state index in [4.69, 9.17) is 4.74 Å². The van der Waals surface area contributed by atoms with Crippen molar-refractivity contribution in [3.8, 4) is 5.75 Å². The average Bonchev–Trinajstić information content (AvgIpc) is 3.19. The maximum Gasteiger partial charge on any atom is 0.232 e. The molecule has 0 atom stereocenters. The number of carbonyl (C=O) groups is 1. The molecule has 19 heavy (non-hydrogen) atoms. The van der Waals surface area contributed by atoms with E-state index in [2.05, 4.69) is 5.32 Å². The molecule has 0 bridgehead atoms. The summed E-state index contributed by atoms with van der Waals surface area (Å²) in [6.07, 6.45) is 1.53. The number of aryl methyl sites for hydroxylation is 1. The molecule has 2 N–H and O–H groups in total. The standard InChI is InChI=1S/C15H21NO3/c1-9-7-12(19-4)10(2)11(3)13(9)16-14(18)15(8-17)5-6-15/h7,17H,5-6,8H2,1-4H3,(H,16,18). The normalized spacial score (nSPS) is 16.1. The van der Waals surface area contributed by atoms with Crippen LogP contribution in [-0.4, -0.2) is 24.7 Å². The second-order valence-corrected chi connectivity index (χ2v) is 5.41. The van der Waals surface area contributed by atoms with Gasteiger partial charge in [-0.05, 0) is 56.4 Å². The Morgan fingerprint density at radius 2 is 2.00 bits per heavy atom. The molecule has 1 aliphatic rings. The van der Waals surface area contributed by atoms with Crippen LogP contribution in [0.1, 0.15) is 29.5 Å². The zero-order chi connectivity index (χ0) is 14.2. The van der Waals surface area contributed by atoms with Gasteiger partial charge in [-0.2, -0.15) is 0 Å². The fourth-order valence-corrected chi connectivity index (χ4v) is 2.30. The number of aliphatic hydroxyl groups excluding tert-OH is 1. The molecule has 1 aromatic carbocycles. The summed E-state index contributed by atoms with van der Waals surface area (Å²) in [6, 6.07) is 1.93. The number of hydrogen-bond donors (Lipinski definition) is 2. The summed E-state index contributed by atoms with van der Waals surface area (Å²) in [6.45, 7) is 5.82. The van der Waals surface area contributed by atoms with E-state index in [0.29, 0.717) is 0 Å². The highest BCUT2D eigenvalue weighted by Crippen LogP contribution is 2.46. The van der Waals surface area contributed by atoms with E-state index in [0.717, 1.165) is 41.0 Å². The van der Waals surface area contributed by atoms with Gasteiger partial charge in [-0.15, -0.1) is 0 Å². The molecule has 0 heterocycles. The molecule has 2 rings (SSSR count). The quantitative estimate of drug-likeness (QED) is 0.876. The molecule has 0 saturated heterocycles. The molecular formula is C15H21NO3. The second kappa shape index (κ2) is 4.85. The summed E-state index contributed by atoms with van der Waals surface area (Å²) < 4.78 is 5.31. The molecule has 0 aromatic heterocycles. The van der Waals surface area contributed by atoms with E-state index in [1.165, 1.54) is 0 Å². The number of anilines is 1. The number of carbonyl (C=O) groups excluding carboxylic acids is 1. The van der Waals surface area contributed by atoms with Crippen molar-refractivity contribution in [2.45, 2.75) is 33.6 Å². The van der Waals surface area contributed by atoms with Gasteiger partial charge in [0.15, 0.2) is 0 Å². The molecule has 1 aromatic rings. The van der Waals surface area contributed by atoms with Gasteiger partial charge in [0.2, 0.25) is 5.91 Å². The number of benzene rings is 1. The molecule has 0 aliphatic heterocycles. The van der Waals surface area contributed by atoms with Crippen molar-refractivity contribution >= 4 is 11.6 Å². The van der Waals surface area contributed by atoms with Crippen LogP contribution in [0.25, 0.3) is 0 Å². The predicted molar refractivity (Wildman–Crippen MR) is 74.6 cm³/mol. The van der Waals surface area contributed by atoms with Crippen LogP contribution in [0.3, 0.4) is 0 Å². The van der Waals surface area contributed by atoms with Crippen molar-refractivity contribution in [1.29, 1.82) is 0 Å². The molecule has 1 saturated carbocycles. The number of hydrogen-bond acceptors (Lipinski definition) is 3. The largest absolute Gasteiger partial charge is 0.496 e. The summed E-state index contributed by atoms with van der Waals surface area (Å²) in [5.74, 6) is 0.752. The molecule has 0 unspecified atom stereocenters. The summed E-state index contributed by atoms with van der Waals surface area (Å²) in [5.41, 5.74) is 3.30. The molecule has 104 valence electrons. The lowest BCUT2D eigenvalue weighted by Crippen LogP contribution is -2.28. The first-order valence-corrected chi connectivity index (χ1v) is 6.52. The smallest absolute Gasteiger partial charge is 0.232 e. The predicted octanol–water partition coefficient (Wildman–Crippen LogP) is 2.33. The molecule has 4 nitrogen and oxygen atoms in total. The van der Waals surface area contributed by atoms with E-state index in [-0.39, 0.29) is 12.5 Å². The van der Waals surface area contributed by atoms with Crippen molar-refractivity contribution in [3.05, 3.63) is 22.8 Å². The third-order valence-corrected chi connectivity index (χ3v) is 4.15. The van der Waals surface area contributed by atoms with Crippen molar-refractivity contribution in [3.63, 3.8) is 0 Å². The molecule has 0 spiro atoms. The van der Waals surface area contributed by atoms with Crippen LogP contribution in [0.5, 0.6) is 5.75 Å². The summed E-state index contributed by atoms with van der Waals surface area (Å²) in [4.78, 5) is 12.2. The first-order valence-electron chi connectivity index (χ1n) is 6.52. The van der Waals surface area contributed by atoms with Gasteiger partial charge in [0.25, 0.3) is 0 Å². The lowest BCUT2D eigenvalue weighted by molar-refractivity contribution is -0.122. The van der Waals surface area contributed by atoms with Gasteiger partial charge >= 0.3 is 0 Å². The monoisotopic (exact) mass is 263 g/mol. The van der Waals surface area contributed by atoms with Crippen LogP contribution in [-0.2, 0) is 4.79 Å². The maximum absolute atomic E-state index is 12.2. The van der Waals surface area contributed by atoms with Gasteiger partial charge in [-0.3, -0.25) is 4.79 Å². The Balaban J connectivity index is 2.31. The third-order valence-electron chi connectivity index (χ3n) is 4.15. The lowest BCUT2D eigenvalue weighted by Gasteiger charge is -2.19. The fraction of sp³-hybridized carbons (Fsp3) is 0.533. The highest BCUT2D eigenvalue weighted by molar-refractivity contribution is 5.98. The summed E-state index contributed by atoms with van der Waals surface area (Å²) >= 11 is 0. The highest BCUT2D eigenvalue weighted by Gasteiger charge is 2.49. The number of ether oxygens (including phenoxy) is 1. The minimum Gasteiger partial charge on any atom is -0.496 e. The van der Waals surface area contributed by atoms with Gasteiger partial charge in [0.1, 0.15) is 5.75 Å². The Morgan fingerprint density at radius 1 is 1.37 bits per heavy atom. The van der Waals surface area contributed by atoms with Gasteiger partial charge in [-0.1, -0.05) is 0 Å². The van der Waals surface area contributed by atoms with E-state index < -0.39 is 5.41 Å². The number of nitrogens with one attached hydrogen (secondary N) is 1. The minimum absolute atomic E-state index is 0.0773. The van der Waals surface area contributed by atoms with Crippen LogP contribution >= 0.6 is 0 Å². The van der Waals surface area contributed by atoms with Crippen LogP contribution in [0.15, 0.2) is 6.07 Å². The van der Waals surface area contributed by atoms with Gasteiger partial charge in [0.05, 0.1) is 19.1 Å². The third kappa shape index (κ3) is 2.32. The first-order chi connectivity index (χ1) is 8.95. The van der Waals surface area contributed by atoms with Crippen LogP contribution in [0.2, 0.25) is 0 Å². The van der Waals surface area contributed by atoms with Gasteiger partial charge in [-0.25, -0.2) is 0 Å². The number of rotatable bonds is 4. The zero-order valence-electron chi connectivity index (χ0n) is 12.0. The van der Waals surface area contributed by atoms with E-state index in [9.17, 15) is 9.90 Å². The Bertz CT molecular complexity index is 519. The lowest BCUT2D eigenvalue weighted by atomic mass is 10.0. The van der Waals surface area contributed by atoms with Crippen molar-refractivity contribution in [1.82, 2.24) is 0 Å². The molecule has 1 fully saturated rings. The second-order valence-electron chi connectivity index (χ2n) is 5.41. The fourth-order valence-electron chi connectivity index (χ4n) is 2.30. The van der Waals surface area contributed by atoms with E-state index in [1.807, 2.05) is 26.8 Å². The van der Waals surface area contributed by atoms with Crippen LogP contribution in [0.4, 0.5) is 5.69 Å². The van der Waals surface area contributed by atoms with Crippen molar-refractivity contribution in [2.75, 3.05) is 19.0 Å². The number of amides is 1. The van der Waals surface area contributed by atoms with Crippen molar-refractivity contribution < 1.29 is 14.6 Å². The molecule has 1 aliphatic carbocycles. The summed E-state index contributed by atoms with van der Waals surface area (Å²) in [5, 5.41) is 12.3. The van der Waals surface area contributed by atoms with E-state index in [1.54, 1.807) is 7.11 Å². The number of methoxy groups -OCH3 is 1. The average molecular weight is 263 g/mol. The Hall–Kier alpha value is -1.55. The molecule has 0 radical (unpaired) electrons. The van der Waals surface area contributed by atoms with Crippen LogP contribution < -0.4 is 10.1 Å². The van der Waals surface area contributed by atoms with Crippen LogP contribution in [0, 0.1) is 26.2 Å². The topological polar surface area (TPSA) is 58.6 Å². The minimum atomic E-state index is -0.549. The molecular weight excluding hydrogens is 242 g/mol. The SMILES string of the molecule is COc1cc(C)c(NC(=O)C2(CO)CC2)c(C)c1C. The Kier molecular flexibility index (Phi) is 3.54. The molecule has 4 heteroatoms. The van der Waals surface area contributed by atoms with Gasteiger partial charge in [0, 0.05) is 5.69 Å². The Morgan fingerprint density at radius 3 is 2.47 bits per heavy atom. The highest BCUT2D eigenvalue weighted by atomic mass is 16.5. The van der Waals surface area contributed by atoms with E-state index >= 15 is 0 Å². The Labute approximate surface area is 113 Å². The van der Waals surface area contributed by atoms with Crippen molar-refractivity contribution in [2.24, 2.45) is 5.41 Å². The van der Waals surface area contributed by atoms with Gasteiger partial charge < -0.3 is 15.2 Å². The maximum atomic E-state index is 12.2.